The van der Waals surface area contributed by atoms with Crippen LogP contribution in [0.2, 0.25) is 0 Å². The molecule has 0 saturated carbocycles. The summed E-state index contributed by atoms with van der Waals surface area (Å²) < 4.78 is 5.49. The fourth-order valence-corrected chi connectivity index (χ4v) is 4.56. The van der Waals surface area contributed by atoms with E-state index in [2.05, 4.69) is 0 Å². The average Bonchev–Trinajstić information content (AvgIpc) is 2.74. The molecule has 3 aromatic rings. The molecule has 2 aliphatic heterocycles. The van der Waals surface area contributed by atoms with Crippen molar-refractivity contribution < 1.29 is 14.3 Å². The molecule has 3 aromatic carbocycles. The second kappa shape index (κ2) is 6.73. The zero-order chi connectivity index (χ0) is 19.1. The van der Waals surface area contributed by atoms with Crippen LogP contribution in [0.1, 0.15) is 0 Å². The Morgan fingerprint density at radius 2 is 1.43 bits per heavy atom. The zero-order valence-corrected chi connectivity index (χ0v) is 15.7. The molecule has 28 heavy (non-hydrogen) atoms. The number of rotatable bonds is 2. The molecule has 0 fully saturated rings. The Balaban J connectivity index is 1.54. The van der Waals surface area contributed by atoms with Crippen LogP contribution in [0.15, 0.2) is 82.6 Å². The van der Waals surface area contributed by atoms with E-state index in [1.165, 1.54) is 4.90 Å². The maximum absolute atomic E-state index is 13.4. The summed E-state index contributed by atoms with van der Waals surface area (Å²) in [4.78, 5) is 31.2. The van der Waals surface area contributed by atoms with Crippen LogP contribution in [0.5, 0.6) is 5.75 Å². The molecule has 5 nitrogen and oxygen atoms in total. The van der Waals surface area contributed by atoms with Crippen molar-refractivity contribution in [2.24, 2.45) is 0 Å². The molecule has 0 aliphatic carbocycles. The Hall–Kier alpha value is -3.25. The van der Waals surface area contributed by atoms with Crippen LogP contribution in [0.4, 0.5) is 17.1 Å². The summed E-state index contributed by atoms with van der Waals surface area (Å²) in [5.41, 5.74) is 2.30. The van der Waals surface area contributed by atoms with E-state index in [-0.39, 0.29) is 25.0 Å². The molecule has 0 radical (unpaired) electrons. The number of hydrogen-bond donors (Lipinski definition) is 0. The van der Waals surface area contributed by atoms with E-state index in [4.69, 9.17) is 4.74 Å². The Labute approximate surface area is 166 Å². The number of hydrogen-bond acceptors (Lipinski definition) is 4. The van der Waals surface area contributed by atoms with Gasteiger partial charge in [0.1, 0.15) is 12.3 Å². The SMILES string of the molecule is O=C1COc2ccccc2N1CC(=O)N1c2ccccc2Sc2ccccc21. The van der Waals surface area contributed by atoms with Crippen molar-refractivity contribution in [3.63, 3.8) is 0 Å². The van der Waals surface area contributed by atoms with Crippen molar-refractivity contribution in [1.29, 1.82) is 0 Å². The standard InChI is InChI=1S/C22H16N2O3S/c25-21(13-23-15-7-1-4-10-18(15)27-14-22(23)26)24-16-8-2-5-11-19(16)28-20-12-6-3-9-17(20)24/h1-12H,13-14H2. The Morgan fingerprint density at radius 1 is 0.857 bits per heavy atom. The quantitative estimate of drug-likeness (QED) is 0.659. The minimum absolute atomic E-state index is 0.0491. The molecule has 0 aromatic heterocycles. The normalized spacial score (nSPS) is 14.6. The van der Waals surface area contributed by atoms with E-state index in [1.54, 1.807) is 28.8 Å². The molecule has 2 heterocycles. The topological polar surface area (TPSA) is 49.9 Å². The van der Waals surface area contributed by atoms with Gasteiger partial charge in [0.2, 0.25) is 0 Å². The highest BCUT2D eigenvalue weighted by atomic mass is 32.2. The van der Waals surface area contributed by atoms with Crippen LogP contribution in [0.25, 0.3) is 0 Å². The average molecular weight is 388 g/mol. The van der Waals surface area contributed by atoms with Gasteiger partial charge in [0, 0.05) is 9.79 Å². The number of benzene rings is 3. The number of carbonyl (C=O) groups excluding carboxylic acids is 2. The van der Waals surface area contributed by atoms with Crippen molar-refractivity contribution in [3.05, 3.63) is 72.8 Å². The first-order valence-corrected chi connectivity index (χ1v) is 9.75. The van der Waals surface area contributed by atoms with Crippen LogP contribution in [0, 0.1) is 0 Å². The molecule has 0 bridgehead atoms. The van der Waals surface area contributed by atoms with Gasteiger partial charge in [-0.2, -0.15) is 0 Å². The van der Waals surface area contributed by atoms with Crippen molar-refractivity contribution >= 4 is 40.6 Å². The van der Waals surface area contributed by atoms with Gasteiger partial charge in [-0.3, -0.25) is 19.4 Å². The Kier molecular flexibility index (Phi) is 4.06. The second-order valence-corrected chi connectivity index (χ2v) is 7.59. The lowest BCUT2D eigenvalue weighted by atomic mass is 10.2. The van der Waals surface area contributed by atoms with Gasteiger partial charge in [0.25, 0.3) is 11.8 Å². The molecular formula is C22H16N2O3S. The van der Waals surface area contributed by atoms with E-state index in [0.717, 1.165) is 21.2 Å². The van der Waals surface area contributed by atoms with Gasteiger partial charge in [-0.25, -0.2) is 0 Å². The molecule has 0 spiro atoms. The molecule has 0 N–H and O–H groups in total. The van der Waals surface area contributed by atoms with Gasteiger partial charge in [-0.15, -0.1) is 0 Å². The van der Waals surface area contributed by atoms with Crippen LogP contribution >= 0.6 is 11.8 Å². The van der Waals surface area contributed by atoms with Gasteiger partial charge in [0.05, 0.1) is 17.1 Å². The van der Waals surface area contributed by atoms with Crippen LogP contribution in [-0.2, 0) is 9.59 Å². The third-order valence-electron chi connectivity index (χ3n) is 4.78. The van der Waals surface area contributed by atoms with E-state index >= 15 is 0 Å². The minimum atomic E-state index is -0.222. The first-order valence-electron chi connectivity index (χ1n) is 8.93. The number of anilines is 3. The number of carbonyl (C=O) groups is 2. The maximum Gasteiger partial charge on any atom is 0.265 e. The van der Waals surface area contributed by atoms with Crippen LogP contribution in [0.3, 0.4) is 0 Å². The number of para-hydroxylation sites is 4. The smallest absolute Gasteiger partial charge is 0.265 e. The van der Waals surface area contributed by atoms with Crippen molar-refractivity contribution in [1.82, 2.24) is 0 Å². The number of ether oxygens (including phenoxy) is 1. The molecule has 0 atom stereocenters. The molecule has 2 amide bonds. The highest BCUT2D eigenvalue weighted by molar-refractivity contribution is 7.99. The number of amides is 2. The summed E-state index contributed by atoms with van der Waals surface area (Å²) in [6, 6.07) is 22.9. The minimum Gasteiger partial charge on any atom is -0.482 e. The lowest BCUT2D eigenvalue weighted by Crippen LogP contribution is -2.45. The summed E-state index contributed by atoms with van der Waals surface area (Å²) in [7, 11) is 0. The van der Waals surface area contributed by atoms with Crippen LogP contribution < -0.4 is 14.5 Å². The monoisotopic (exact) mass is 388 g/mol. The molecule has 0 unspecified atom stereocenters. The summed E-state index contributed by atoms with van der Waals surface area (Å²) >= 11 is 1.64. The van der Waals surface area contributed by atoms with Crippen molar-refractivity contribution in [2.45, 2.75) is 9.79 Å². The van der Waals surface area contributed by atoms with Crippen LogP contribution in [-0.4, -0.2) is 25.0 Å². The fourth-order valence-electron chi connectivity index (χ4n) is 3.51. The van der Waals surface area contributed by atoms with Gasteiger partial charge in [-0.1, -0.05) is 48.2 Å². The molecule has 5 rings (SSSR count). The predicted octanol–water partition coefficient (Wildman–Crippen LogP) is 4.24. The predicted molar refractivity (Wildman–Crippen MR) is 108 cm³/mol. The molecule has 6 heteroatoms. The maximum atomic E-state index is 13.4. The van der Waals surface area contributed by atoms with Gasteiger partial charge in [-0.05, 0) is 36.4 Å². The molecule has 2 aliphatic rings. The Morgan fingerprint density at radius 3 is 2.11 bits per heavy atom. The summed E-state index contributed by atoms with van der Waals surface area (Å²) in [6.45, 7) is -0.111. The van der Waals surface area contributed by atoms with E-state index in [1.807, 2.05) is 60.7 Å². The highest BCUT2D eigenvalue weighted by Gasteiger charge is 2.32. The fraction of sp³-hybridized carbons (Fsp3) is 0.0909. The highest BCUT2D eigenvalue weighted by Crippen LogP contribution is 2.48. The van der Waals surface area contributed by atoms with Gasteiger partial charge in [0.15, 0.2) is 6.61 Å². The van der Waals surface area contributed by atoms with E-state index in [9.17, 15) is 9.59 Å². The number of fused-ring (bicyclic) bond motifs is 3. The van der Waals surface area contributed by atoms with Crippen molar-refractivity contribution in [3.8, 4) is 5.75 Å². The first-order chi connectivity index (χ1) is 13.7. The Bertz CT molecular complexity index is 1050. The van der Waals surface area contributed by atoms with E-state index in [0.29, 0.717) is 11.4 Å². The molecular weight excluding hydrogens is 372 g/mol. The second-order valence-electron chi connectivity index (χ2n) is 6.50. The summed E-state index contributed by atoms with van der Waals surface area (Å²) in [5, 5.41) is 0. The summed E-state index contributed by atoms with van der Waals surface area (Å²) in [5.74, 6) is 0.232. The molecule has 138 valence electrons. The largest absolute Gasteiger partial charge is 0.482 e. The lowest BCUT2D eigenvalue weighted by Gasteiger charge is -2.34. The van der Waals surface area contributed by atoms with Gasteiger partial charge < -0.3 is 4.74 Å². The summed E-state index contributed by atoms with van der Waals surface area (Å²) in [6.07, 6.45) is 0. The third-order valence-corrected chi connectivity index (χ3v) is 5.91. The number of nitrogens with zero attached hydrogens (tertiary/aromatic N) is 2. The van der Waals surface area contributed by atoms with Gasteiger partial charge >= 0.3 is 0 Å². The first kappa shape index (κ1) is 16.9. The lowest BCUT2D eigenvalue weighted by molar-refractivity contribution is -0.124. The third kappa shape index (κ3) is 2.73. The molecule has 0 saturated heterocycles. The van der Waals surface area contributed by atoms with Crippen molar-refractivity contribution in [2.75, 3.05) is 23.0 Å². The zero-order valence-electron chi connectivity index (χ0n) is 14.9. The van der Waals surface area contributed by atoms with E-state index < -0.39 is 0 Å².